The average Bonchev–Trinajstić information content (AvgIpc) is 2.54. The molecule has 7 heteroatoms. The number of thiol groups is 1. The van der Waals surface area contributed by atoms with Gasteiger partial charge in [0.25, 0.3) is 0 Å². The number of aromatic amines is 1. The van der Waals surface area contributed by atoms with Gasteiger partial charge in [0.1, 0.15) is 0 Å². The lowest BCUT2D eigenvalue weighted by atomic mass is 10.0. The van der Waals surface area contributed by atoms with Gasteiger partial charge in [0, 0.05) is 0 Å². The third-order valence-corrected chi connectivity index (χ3v) is 2.28. The smallest absolute Gasteiger partial charge is 0.192 e. The topological polar surface area (TPSA) is 66.5 Å². The lowest BCUT2D eigenvalue weighted by Gasteiger charge is -2.14. The molecular weight excluding hydrogens is 206 g/mol. The van der Waals surface area contributed by atoms with E-state index in [9.17, 15) is 0 Å². The van der Waals surface area contributed by atoms with Gasteiger partial charge in [-0.1, -0.05) is 30.7 Å². The SMILES string of the molecule is CC(C)CC(NSS)c1nn[nH]n1. The van der Waals surface area contributed by atoms with Crippen LogP contribution in [0.25, 0.3) is 0 Å². The van der Waals surface area contributed by atoms with E-state index in [0.717, 1.165) is 6.42 Å². The molecule has 0 saturated carbocycles. The molecule has 1 aromatic rings. The Labute approximate surface area is 86.4 Å². The Balaban J connectivity index is 2.57. The summed E-state index contributed by atoms with van der Waals surface area (Å²) in [5.41, 5.74) is 0. The van der Waals surface area contributed by atoms with E-state index in [1.807, 2.05) is 0 Å². The molecule has 0 aliphatic heterocycles. The minimum absolute atomic E-state index is 0.112. The Kier molecular flexibility index (Phi) is 4.54. The van der Waals surface area contributed by atoms with Gasteiger partial charge >= 0.3 is 0 Å². The third-order valence-electron chi connectivity index (χ3n) is 1.58. The minimum atomic E-state index is 0.112. The molecule has 1 rings (SSSR count). The molecule has 2 N–H and O–H groups in total. The van der Waals surface area contributed by atoms with E-state index in [0.29, 0.717) is 11.7 Å². The van der Waals surface area contributed by atoms with Crippen molar-refractivity contribution < 1.29 is 0 Å². The van der Waals surface area contributed by atoms with Gasteiger partial charge in [-0.2, -0.15) is 5.21 Å². The highest BCUT2D eigenvalue weighted by molar-refractivity contribution is 8.67. The zero-order valence-electron chi connectivity index (χ0n) is 7.56. The Morgan fingerprint density at radius 1 is 1.62 bits per heavy atom. The van der Waals surface area contributed by atoms with E-state index in [4.69, 9.17) is 0 Å². The van der Waals surface area contributed by atoms with Crippen molar-refractivity contribution in [3.8, 4) is 0 Å². The number of tetrazole rings is 1. The first kappa shape index (κ1) is 10.8. The molecule has 5 nitrogen and oxygen atoms in total. The number of nitrogens with zero attached hydrogens (tertiary/aromatic N) is 3. The number of H-pyrrole nitrogens is 1. The van der Waals surface area contributed by atoms with Crippen LogP contribution < -0.4 is 4.72 Å². The fourth-order valence-electron chi connectivity index (χ4n) is 1.06. The summed E-state index contributed by atoms with van der Waals surface area (Å²) in [6.45, 7) is 4.30. The van der Waals surface area contributed by atoms with Crippen molar-refractivity contribution in [2.75, 3.05) is 0 Å². The first-order valence-electron chi connectivity index (χ1n) is 4.03. The third kappa shape index (κ3) is 3.53. The fourth-order valence-corrected chi connectivity index (χ4v) is 1.77. The van der Waals surface area contributed by atoms with E-state index < -0.39 is 0 Å². The van der Waals surface area contributed by atoms with E-state index in [1.165, 1.54) is 11.0 Å². The maximum atomic E-state index is 4.03. The van der Waals surface area contributed by atoms with Crippen LogP contribution in [0.3, 0.4) is 0 Å². The molecule has 0 aliphatic rings. The Morgan fingerprint density at radius 3 is 2.85 bits per heavy atom. The molecule has 0 radical (unpaired) electrons. The van der Waals surface area contributed by atoms with Gasteiger partial charge in [-0.05, 0) is 23.3 Å². The normalized spacial score (nSPS) is 13.5. The Hall–Kier alpha value is -0.270. The summed E-state index contributed by atoms with van der Waals surface area (Å²) in [6, 6.07) is 0.112. The number of nitrogens with one attached hydrogen (secondary N) is 2. The lowest BCUT2D eigenvalue weighted by Crippen LogP contribution is -2.16. The molecule has 0 saturated heterocycles. The largest absolute Gasteiger partial charge is 0.244 e. The van der Waals surface area contributed by atoms with Crippen molar-refractivity contribution in [1.82, 2.24) is 25.3 Å². The Bertz CT molecular complexity index is 225. The molecule has 0 spiro atoms. The first-order valence-corrected chi connectivity index (χ1v) is 5.90. The van der Waals surface area contributed by atoms with Gasteiger partial charge in [0.2, 0.25) is 0 Å². The zero-order chi connectivity index (χ0) is 9.68. The number of aromatic nitrogens is 4. The molecule has 0 amide bonds. The van der Waals surface area contributed by atoms with Crippen LogP contribution in [0.5, 0.6) is 0 Å². The molecule has 0 aromatic carbocycles. The van der Waals surface area contributed by atoms with Crippen LogP contribution in [-0.2, 0) is 0 Å². The van der Waals surface area contributed by atoms with Gasteiger partial charge < -0.3 is 0 Å². The monoisotopic (exact) mass is 219 g/mol. The van der Waals surface area contributed by atoms with E-state index in [2.05, 4.69) is 50.9 Å². The van der Waals surface area contributed by atoms with Gasteiger partial charge in [-0.15, -0.1) is 10.2 Å². The van der Waals surface area contributed by atoms with Crippen LogP contribution in [0.2, 0.25) is 0 Å². The fraction of sp³-hybridized carbons (Fsp3) is 0.833. The van der Waals surface area contributed by atoms with Crippen molar-refractivity contribution in [2.45, 2.75) is 26.3 Å². The molecule has 0 bridgehead atoms. The highest BCUT2D eigenvalue weighted by atomic mass is 33.1. The second-order valence-electron chi connectivity index (χ2n) is 3.16. The predicted octanol–water partition coefficient (Wildman–Crippen LogP) is 1.37. The van der Waals surface area contributed by atoms with Gasteiger partial charge in [0.15, 0.2) is 5.82 Å². The van der Waals surface area contributed by atoms with Gasteiger partial charge in [-0.25, -0.2) is 4.72 Å². The van der Waals surface area contributed by atoms with Crippen LogP contribution in [0.15, 0.2) is 0 Å². The standard InChI is InChI=1S/C6H13N5S2/c1-4(2)3-5(9-13-12)6-7-10-11-8-6/h4-5,9,12H,3H2,1-2H3,(H,7,8,10,11). The van der Waals surface area contributed by atoms with Crippen molar-refractivity contribution in [1.29, 1.82) is 0 Å². The minimum Gasteiger partial charge on any atom is -0.244 e. The summed E-state index contributed by atoms with van der Waals surface area (Å²) >= 11 is 4.03. The summed E-state index contributed by atoms with van der Waals surface area (Å²) in [5, 5.41) is 13.8. The molecular formula is C6H13N5S2. The molecule has 1 aromatic heterocycles. The second kappa shape index (κ2) is 5.46. The molecule has 0 fully saturated rings. The average molecular weight is 219 g/mol. The molecule has 0 aliphatic carbocycles. The molecule has 13 heavy (non-hydrogen) atoms. The van der Waals surface area contributed by atoms with Crippen LogP contribution in [0.4, 0.5) is 0 Å². The van der Waals surface area contributed by atoms with Gasteiger partial charge in [0.05, 0.1) is 6.04 Å². The molecule has 74 valence electrons. The highest BCUT2D eigenvalue weighted by Gasteiger charge is 2.16. The van der Waals surface area contributed by atoms with Gasteiger partial charge in [-0.3, -0.25) is 0 Å². The summed E-state index contributed by atoms with van der Waals surface area (Å²) in [7, 11) is 1.27. The van der Waals surface area contributed by atoms with Crippen molar-refractivity contribution >= 4 is 22.6 Å². The van der Waals surface area contributed by atoms with Crippen LogP contribution >= 0.6 is 22.6 Å². The highest BCUT2D eigenvalue weighted by Crippen LogP contribution is 2.20. The lowest BCUT2D eigenvalue weighted by molar-refractivity contribution is 0.474. The molecule has 1 unspecified atom stereocenters. The molecule has 1 atom stereocenters. The Morgan fingerprint density at radius 2 is 2.38 bits per heavy atom. The predicted molar refractivity (Wildman–Crippen MR) is 56.1 cm³/mol. The number of rotatable bonds is 5. The summed E-state index contributed by atoms with van der Waals surface area (Å²) in [5.74, 6) is 1.27. The number of hydrogen-bond acceptors (Lipinski definition) is 6. The maximum absolute atomic E-state index is 4.03. The van der Waals surface area contributed by atoms with Crippen molar-refractivity contribution in [3.63, 3.8) is 0 Å². The van der Waals surface area contributed by atoms with Crippen LogP contribution in [-0.4, -0.2) is 20.6 Å². The van der Waals surface area contributed by atoms with Crippen LogP contribution in [0.1, 0.15) is 32.1 Å². The van der Waals surface area contributed by atoms with E-state index in [-0.39, 0.29) is 6.04 Å². The zero-order valence-corrected chi connectivity index (χ0v) is 9.27. The maximum Gasteiger partial charge on any atom is 0.192 e. The van der Waals surface area contributed by atoms with E-state index >= 15 is 0 Å². The van der Waals surface area contributed by atoms with Crippen molar-refractivity contribution in [3.05, 3.63) is 5.82 Å². The quantitative estimate of drug-likeness (QED) is 0.396. The second-order valence-corrected chi connectivity index (χ2v) is 4.13. The molecule has 1 heterocycles. The number of hydrogen-bond donors (Lipinski definition) is 3. The van der Waals surface area contributed by atoms with Crippen molar-refractivity contribution in [2.24, 2.45) is 5.92 Å². The first-order chi connectivity index (χ1) is 6.24. The summed E-state index contributed by atoms with van der Waals surface area (Å²) in [6.07, 6.45) is 0.965. The summed E-state index contributed by atoms with van der Waals surface area (Å²) < 4.78 is 3.11. The van der Waals surface area contributed by atoms with E-state index in [1.54, 1.807) is 0 Å². The van der Waals surface area contributed by atoms with Crippen LogP contribution in [0, 0.1) is 5.92 Å². The summed E-state index contributed by atoms with van der Waals surface area (Å²) in [4.78, 5) is 0.